The molecule has 0 aromatic rings. The molecule has 2 amide bonds. The number of rotatable bonds is 8. The van der Waals surface area contributed by atoms with Gasteiger partial charge in [-0.1, -0.05) is 20.8 Å². The average molecular weight is 288 g/mol. The van der Waals surface area contributed by atoms with Gasteiger partial charge < -0.3 is 20.5 Å². The molecule has 0 aliphatic rings. The summed E-state index contributed by atoms with van der Waals surface area (Å²) in [6.07, 6.45) is 0.525. The zero-order chi connectivity index (χ0) is 15.8. The molecule has 0 radical (unpaired) electrons. The van der Waals surface area contributed by atoms with Crippen molar-refractivity contribution in [3.63, 3.8) is 0 Å². The Bertz CT molecular complexity index is 313. The van der Waals surface area contributed by atoms with Crippen LogP contribution in [0.3, 0.4) is 0 Å². The van der Waals surface area contributed by atoms with E-state index in [9.17, 15) is 9.59 Å². The molecule has 0 aliphatic heterocycles. The Balaban J connectivity index is 4.34. The Kier molecular flexibility index (Phi) is 8.22. The number of amides is 2. The van der Waals surface area contributed by atoms with E-state index < -0.39 is 5.97 Å². The highest BCUT2D eigenvalue weighted by atomic mass is 16.5. The first-order valence-electron chi connectivity index (χ1n) is 7.00. The van der Waals surface area contributed by atoms with E-state index in [1.54, 1.807) is 0 Å². The van der Waals surface area contributed by atoms with Crippen molar-refractivity contribution in [2.75, 3.05) is 13.2 Å². The Hall–Kier alpha value is -1.30. The molecule has 0 aromatic carbocycles. The molecular formula is C14H28N2O4. The average Bonchev–Trinajstić information content (AvgIpc) is 2.22. The summed E-state index contributed by atoms with van der Waals surface area (Å²) in [7, 11) is 0. The van der Waals surface area contributed by atoms with Crippen molar-refractivity contribution in [3.05, 3.63) is 0 Å². The maximum atomic E-state index is 11.8. The smallest absolute Gasteiger partial charge is 0.315 e. The molecule has 0 rings (SSSR count). The highest BCUT2D eigenvalue weighted by molar-refractivity contribution is 5.76. The van der Waals surface area contributed by atoms with E-state index in [4.69, 9.17) is 9.84 Å². The maximum Gasteiger partial charge on any atom is 0.315 e. The van der Waals surface area contributed by atoms with Gasteiger partial charge in [-0.3, -0.25) is 4.79 Å². The number of carbonyl (C=O) groups is 2. The molecule has 0 aromatic heterocycles. The van der Waals surface area contributed by atoms with E-state index in [2.05, 4.69) is 10.6 Å². The van der Waals surface area contributed by atoms with Crippen LogP contribution < -0.4 is 10.6 Å². The van der Waals surface area contributed by atoms with Crippen LogP contribution in [0.1, 0.15) is 47.5 Å². The molecule has 20 heavy (non-hydrogen) atoms. The topological polar surface area (TPSA) is 87.7 Å². The molecule has 118 valence electrons. The van der Waals surface area contributed by atoms with E-state index in [1.165, 1.54) is 0 Å². The number of urea groups is 1. The van der Waals surface area contributed by atoms with Gasteiger partial charge in [-0.2, -0.15) is 0 Å². The first-order chi connectivity index (χ1) is 9.14. The minimum atomic E-state index is -0.915. The summed E-state index contributed by atoms with van der Waals surface area (Å²) in [6, 6.07) is -0.852. The predicted molar refractivity (Wildman–Crippen MR) is 77.7 cm³/mol. The van der Waals surface area contributed by atoms with Gasteiger partial charge in [-0.25, -0.2) is 4.79 Å². The van der Waals surface area contributed by atoms with Gasteiger partial charge in [-0.15, -0.1) is 0 Å². The monoisotopic (exact) mass is 288 g/mol. The molecule has 0 saturated heterocycles. The fraction of sp³-hybridized carbons (Fsp3) is 0.857. The highest BCUT2D eigenvalue weighted by Gasteiger charge is 2.23. The van der Waals surface area contributed by atoms with Crippen LogP contribution in [-0.2, 0) is 9.53 Å². The van der Waals surface area contributed by atoms with E-state index in [1.807, 2.05) is 34.6 Å². The lowest BCUT2D eigenvalue weighted by molar-refractivity contribution is -0.137. The zero-order valence-corrected chi connectivity index (χ0v) is 13.2. The van der Waals surface area contributed by atoms with Gasteiger partial charge in [0.15, 0.2) is 0 Å². The van der Waals surface area contributed by atoms with Crippen LogP contribution in [0.25, 0.3) is 0 Å². The maximum absolute atomic E-state index is 11.8. The number of hydrogen-bond donors (Lipinski definition) is 3. The quantitative estimate of drug-likeness (QED) is 0.637. The minimum Gasteiger partial charge on any atom is -0.481 e. The Morgan fingerprint density at radius 1 is 1.25 bits per heavy atom. The van der Waals surface area contributed by atoms with Gasteiger partial charge in [-0.05, 0) is 25.7 Å². The standard InChI is InChI=1S/C14H28N2O4/c1-6-20-9-10(2)15-13(19)16-11(7-12(17)18)8-14(3,4)5/h10-11H,6-9H2,1-5H3,(H,17,18)(H2,15,16,19). The van der Waals surface area contributed by atoms with Gasteiger partial charge in [0.1, 0.15) is 0 Å². The van der Waals surface area contributed by atoms with Crippen LogP contribution in [0.4, 0.5) is 4.79 Å². The molecule has 0 bridgehead atoms. The summed E-state index contributed by atoms with van der Waals surface area (Å²) >= 11 is 0. The summed E-state index contributed by atoms with van der Waals surface area (Å²) in [5.74, 6) is -0.915. The number of nitrogens with one attached hydrogen (secondary N) is 2. The van der Waals surface area contributed by atoms with Crippen molar-refractivity contribution in [3.8, 4) is 0 Å². The Morgan fingerprint density at radius 2 is 1.85 bits per heavy atom. The summed E-state index contributed by atoms with van der Waals surface area (Å²) in [5.41, 5.74) is -0.0513. The molecular weight excluding hydrogens is 260 g/mol. The van der Waals surface area contributed by atoms with Crippen molar-refractivity contribution in [1.82, 2.24) is 10.6 Å². The first kappa shape index (κ1) is 18.7. The van der Waals surface area contributed by atoms with Gasteiger partial charge in [0, 0.05) is 12.6 Å². The van der Waals surface area contributed by atoms with Crippen LogP contribution in [0, 0.1) is 5.41 Å². The van der Waals surface area contributed by atoms with Crippen molar-refractivity contribution in [1.29, 1.82) is 0 Å². The van der Waals surface area contributed by atoms with Crippen LogP contribution in [0.5, 0.6) is 0 Å². The number of carboxylic acid groups (broad SMARTS) is 1. The third-order valence-corrected chi connectivity index (χ3v) is 2.56. The molecule has 2 atom stereocenters. The number of ether oxygens (including phenoxy) is 1. The van der Waals surface area contributed by atoms with Crippen molar-refractivity contribution in [2.24, 2.45) is 5.41 Å². The molecule has 0 heterocycles. The third-order valence-electron chi connectivity index (χ3n) is 2.56. The van der Waals surface area contributed by atoms with Gasteiger partial charge in [0.2, 0.25) is 0 Å². The van der Waals surface area contributed by atoms with Crippen LogP contribution in [0.2, 0.25) is 0 Å². The fourth-order valence-electron chi connectivity index (χ4n) is 1.91. The van der Waals surface area contributed by atoms with Crippen LogP contribution in [0.15, 0.2) is 0 Å². The van der Waals surface area contributed by atoms with Crippen molar-refractivity contribution in [2.45, 2.75) is 59.5 Å². The van der Waals surface area contributed by atoms with Crippen LogP contribution in [-0.4, -0.2) is 42.4 Å². The largest absolute Gasteiger partial charge is 0.481 e. The second-order valence-corrected chi connectivity index (χ2v) is 6.24. The Morgan fingerprint density at radius 3 is 2.30 bits per heavy atom. The third kappa shape index (κ3) is 10.6. The zero-order valence-electron chi connectivity index (χ0n) is 13.2. The van der Waals surface area contributed by atoms with E-state index in [0.717, 1.165) is 0 Å². The van der Waals surface area contributed by atoms with Gasteiger partial charge in [0.05, 0.1) is 19.1 Å². The normalized spacial score (nSPS) is 14.4. The van der Waals surface area contributed by atoms with Gasteiger partial charge >= 0.3 is 12.0 Å². The van der Waals surface area contributed by atoms with Crippen molar-refractivity contribution < 1.29 is 19.4 Å². The van der Waals surface area contributed by atoms with E-state index >= 15 is 0 Å². The van der Waals surface area contributed by atoms with Gasteiger partial charge in [0.25, 0.3) is 0 Å². The summed E-state index contributed by atoms with van der Waals surface area (Å²) in [4.78, 5) is 22.7. The summed E-state index contributed by atoms with van der Waals surface area (Å²) < 4.78 is 5.21. The number of aliphatic carboxylic acids is 1. The van der Waals surface area contributed by atoms with Crippen molar-refractivity contribution >= 4 is 12.0 Å². The first-order valence-corrected chi connectivity index (χ1v) is 7.00. The molecule has 0 aliphatic carbocycles. The summed E-state index contributed by atoms with van der Waals surface area (Å²) in [5, 5.41) is 14.4. The molecule has 0 spiro atoms. The lowest BCUT2D eigenvalue weighted by Gasteiger charge is -2.26. The second-order valence-electron chi connectivity index (χ2n) is 6.24. The molecule has 6 nitrogen and oxygen atoms in total. The summed E-state index contributed by atoms with van der Waals surface area (Å²) in [6.45, 7) is 10.8. The number of carbonyl (C=O) groups excluding carboxylic acids is 1. The second kappa shape index (κ2) is 8.79. The van der Waals surface area contributed by atoms with E-state index in [-0.39, 0.29) is 30.0 Å². The van der Waals surface area contributed by atoms with E-state index in [0.29, 0.717) is 19.6 Å². The molecule has 6 heteroatoms. The lowest BCUT2D eigenvalue weighted by atomic mass is 9.87. The highest BCUT2D eigenvalue weighted by Crippen LogP contribution is 2.22. The predicted octanol–water partition coefficient (Wildman–Crippen LogP) is 1.99. The fourth-order valence-corrected chi connectivity index (χ4v) is 1.91. The minimum absolute atomic E-state index is 0.0513. The molecule has 0 fully saturated rings. The SMILES string of the molecule is CCOCC(C)NC(=O)NC(CC(=O)O)CC(C)(C)C. The molecule has 2 unspecified atom stereocenters. The Labute approximate surface area is 121 Å². The molecule has 3 N–H and O–H groups in total. The molecule has 0 saturated carbocycles. The van der Waals surface area contributed by atoms with Crippen LogP contribution >= 0.6 is 0 Å². The number of carboxylic acids is 1. The lowest BCUT2D eigenvalue weighted by Crippen LogP contribution is -2.48. The number of hydrogen-bond acceptors (Lipinski definition) is 3.